The molecule has 7 heteroatoms. The lowest BCUT2D eigenvalue weighted by Gasteiger charge is -2.23. The standard InChI is InChI=1S/C11H17FN2O3S/c1-7-4-9(12)11(5-10(7)13)18(16,17)14(3)8(2)6-15/h4-5,8,15H,6,13H2,1-3H3. The summed E-state index contributed by atoms with van der Waals surface area (Å²) < 4.78 is 38.9. The average Bonchev–Trinajstić information content (AvgIpc) is 2.31. The van der Waals surface area contributed by atoms with E-state index in [0.29, 0.717) is 5.56 Å². The first-order valence-electron chi connectivity index (χ1n) is 5.36. The van der Waals surface area contributed by atoms with Crippen LogP contribution >= 0.6 is 0 Å². The van der Waals surface area contributed by atoms with Crippen molar-refractivity contribution in [2.75, 3.05) is 19.4 Å². The summed E-state index contributed by atoms with van der Waals surface area (Å²) in [6, 6.07) is 1.54. The normalized spacial score (nSPS) is 13.9. The quantitative estimate of drug-likeness (QED) is 0.794. The molecule has 0 aromatic heterocycles. The topological polar surface area (TPSA) is 83.6 Å². The molecule has 0 aliphatic rings. The Balaban J connectivity index is 3.33. The van der Waals surface area contributed by atoms with Crippen molar-refractivity contribution in [3.05, 3.63) is 23.5 Å². The highest BCUT2D eigenvalue weighted by Crippen LogP contribution is 2.24. The molecule has 5 nitrogen and oxygen atoms in total. The number of nitrogens with zero attached hydrogens (tertiary/aromatic N) is 1. The molecular weight excluding hydrogens is 259 g/mol. The number of hydrogen-bond donors (Lipinski definition) is 2. The van der Waals surface area contributed by atoms with Gasteiger partial charge in [-0.3, -0.25) is 0 Å². The van der Waals surface area contributed by atoms with Crippen molar-refractivity contribution in [2.45, 2.75) is 24.8 Å². The van der Waals surface area contributed by atoms with Crippen LogP contribution in [-0.4, -0.2) is 37.5 Å². The zero-order valence-electron chi connectivity index (χ0n) is 10.5. The number of benzene rings is 1. The lowest BCUT2D eigenvalue weighted by Crippen LogP contribution is -2.37. The average molecular weight is 276 g/mol. The van der Waals surface area contributed by atoms with Gasteiger partial charge in [-0.05, 0) is 31.5 Å². The summed E-state index contributed by atoms with van der Waals surface area (Å²) in [5.74, 6) is -0.848. The van der Waals surface area contributed by atoms with Crippen molar-refractivity contribution in [1.82, 2.24) is 4.31 Å². The monoisotopic (exact) mass is 276 g/mol. The summed E-state index contributed by atoms with van der Waals surface area (Å²) >= 11 is 0. The van der Waals surface area contributed by atoms with Gasteiger partial charge in [0.25, 0.3) is 0 Å². The van der Waals surface area contributed by atoms with Gasteiger partial charge in [0.1, 0.15) is 10.7 Å². The number of nitrogens with two attached hydrogens (primary N) is 1. The maximum Gasteiger partial charge on any atom is 0.246 e. The lowest BCUT2D eigenvalue weighted by molar-refractivity contribution is 0.213. The summed E-state index contributed by atoms with van der Waals surface area (Å²) in [4.78, 5) is -0.478. The van der Waals surface area contributed by atoms with Gasteiger partial charge in [-0.15, -0.1) is 0 Å². The Morgan fingerprint density at radius 3 is 2.56 bits per heavy atom. The van der Waals surface area contributed by atoms with Crippen LogP contribution < -0.4 is 5.73 Å². The molecule has 1 rings (SSSR count). The Kier molecular flexibility index (Phi) is 4.31. The minimum Gasteiger partial charge on any atom is -0.398 e. The van der Waals surface area contributed by atoms with E-state index in [0.717, 1.165) is 16.4 Å². The van der Waals surface area contributed by atoms with Crippen molar-refractivity contribution in [3.8, 4) is 0 Å². The molecule has 1 aromatic carbocycles. The third kappa shape index (κ3) is 2.63. The third-order valence-corrected chi connectivity index (χ3v) is 4.85. The fourth-order valence-electron chi connectivity index (χ4n) is 1.37. The summed E-state index contributed by atoms with van der Waals surface area (Å²) in [7, 11) is -2.72. The summed E-state index contributed by atoms with van der Waals surface area (Å²) in [6.07, 6.45) is 0. The lowest BCUT2D eigenvalue weighted by atomic mass is 10.2. The van der Waals surface area contributed by atoms with E-state index in [4.69, 9.17) is 10.8 Å². The predicted molar refractivity (Wildman–Crippen MR) is 67.0 cm³/mol. The Bertz CT molecular complexity index is 545. The molecule has 0 spiro atoms. The zero-order valence-corrected chi connectivity index (χ0v) is 11.3. The molecule has 0 radical (unpaired) electrons. The number of aliphatic hydroxyl groups is 1. The number of anilines is 1. The Morgan fingerprint density at radius 2 is 2.06 bits per heavy atom. The Morgan fingerprint density at radius 1 is 1.50 bits per heavy atom. The van der Waals surface area contributed by atoms with Crippen LogP contribution in [0.15, 0.2) is 17.0 Å². The molecule has 18 heavy (non-hydrogen) atoms. The van der Waals surface area contributed by atoms with Gasteiger partial charge >= 0.3 is 0 Å². The molecule has 0 aliphatic carbocycles. The molecule has 0 bridgehead atoms. The SMILES string of the molecule is Cc1cc(F)c(S(=O)(=O)N(C)C(C)CO)cc1N. The molecule has 0 aliphatic heterocycles. The van der Waals surface area contributed by atoms with E-state index in [1.807, 2.05) is 0 Å². The van der Waals surface area contributed by atoms with E-state index in [-0.39, 0.29) is 12.3 Å². The second kappa shape index (κ2) is 5.21. The number of hydrogen-bond acceptors (Lipinski definition) is 4. The van der Waals surface area contributed by atoms with E-state index in [9.17, 15) is 12.8 Å². The molecule has 1 aromatic rings. The highest BCUT2D eigenvalue weighted by molar-refractivity contribution is 7.89. The van der Waals surface area contributed by atoms with Crippen molar-refractivity contribution in [1.29, 1.82) is 0 Å². The van der Waals surface area contributed by atoms with Crippen molar-refractivity contribution >= 4 is 15.7 Å². The fourth-order valence-corrected chi connectivity index (χ4v) is 2.81. The Hall–Kier alpha value is -1.18. The van der Waals surface area contributed by atoms with Crippen LogP contribution in [0.25, 0.3) is 0 Å². The number of nitrogen functional groups attached to an aromatic ring is 1. The van der Waals surface area contributed by atoms with Gasteiger partial charge in [-0.25, -0.2) is 12.8 Å². The van der Waals surface area contributed by atoms with Crippen LogP contribution in [0, 0.1) is 12.7 Å². The van der Waals surface area contributed by atoms with Crippen molar-refractivity contribution in [2.24, 2.45) is 0 Å². The van der Waals surface area contributed by atoms with Crippen LogP contribution in [0.1, 0.15) is 12.5 Å². The van der Waals surface area contributed by atoms with Crippen molar-refractivity contribution < 1.29 is 17.9 Å². The fraction of sp³-hybridized carbons (Fsp3) is 0.455. The minimum atomic E-state index is -4.00. The third-order valence-electron chi connectivity index (χ3n) is 2.86. The number of halogens is 1. The molecule has 0 heterocycles. The van der Waals surface area contributed by atoms with Crippen LogP contribution in [0.5, 0.6) is 0 Å². The summed E-state index contributed by atoms with van der Waals surface area (Å²) in [5.41, 5.74) is 6.28. The molecule has 0 fully saturated rings. The molecule has 0 saturated carbocycles. The number of likely N-dealkylation sites (N-methyl/N-ethyl adjacent to an activating group) is 1. The predicted octanol–water partition coefficient (Wildman–Crippen LogP) is 0.718. The smallest absolute Gasteiger partial charge is 0.246 e. The highest BCUT2D eigenvalue weighted by atomic mass is 32.2. The largest absolute Gasteiger partial charge is 0.398 e. The van der Waals surface area contributed by atoms with Crippen LogP contribution in [0.3, 0.4) is 0 Å². The second-order valence-corrected chi connectivity index (χ2v) is 6.16. The van der Waals surface area contributed by atoms with Gasteiger partial charge in [0.15, 0.2) is 0 Å². The van der Waals surface area contributed by atoms with Gasteiger partial charge < -0.3 is 10.8 Å². The minimum absolute atomic E-state index is 0.208. The number of rotatable bonds is 4. The maximum atomic E-state index is 13.7. The first kappa shape index (κ1) is 14.9. The summed E-state index contributed by atoms with van der Waals surface area (Å²) in [6.45, 7) is 2.76. The number of aryl methyl sites for hydroxylation is 1. The first-order valence-corrected chi connectivity index (χ1v) is 6.80. The van der Waals surface area contributed by atoms with Crippen LogP contribution in [0.2, 0.25) is 0 Å². The highest BCUT2D eigenvalue weighted by Gasteiger charge is 2.28. The van der Waals surface area contributed by atoms with Crippen LogP contribution in [0.4, 0.5) is 10.1 Å². The van der Waals surface area contributed by atoms with E-state index in [2.05, 4.69) is 0 Å². The molecular formula is C11H17FN2O3S. The molecule has 0 saturated heterocycles. The molecule has 3 N–H and O–H groups in total. The second-order valence-electron chi connectivity index (χ2n) is 4.19. The van der Waals surface area contributed by atoms with Crippen molar-refractivity contribution in [3.63, 3.8) is 0 Å². The van der Waals surface area contributed by atoms with Gasteiger partial charge in [0.2, 0.25) is 10.0 Å². The number of sulfonamides is 1. The van der Waals surface area contributed by atoms with Gasteiger partial charge in [0.05, 0.1) is 6.61 Å². The zero-order chi connectivity index (χ0) is 14.1. The first-order chi connectivity index (χ1) is 8.21. The van der Waals surface area contributed by atoms with Gasteiger partial charge in [-0.2, -0.15) is 4.31 Å². The van der Waals surface area contributed by atoms with Gasteiger partial charge in [-0.1, -0.05) is 0 Å². The van der Waals surface area contributed by atoms with Crippen LogP contribution in [-0.2, 0) is 10.0 Å². The van der Waals surface area contributed by atoms with E-state index >= 15 is 0 Å². The van der Waals surface area contributed by atoms with Gasteiger partial charge in [0, 0.05) is 18.8 Å². The summed E-state index contributed by atoms with van der Waals surface area (Å²) in [5, 5.41) is 8.96. The van der Waals surface area contributed by atoms with E-state index in [1.54, 1.807) is 6.92 Å². The molecule has 0 amide bonds. The van der Waals surface area contributed by atoms with E-state index < -0.39 is 26.8 Å². The Labute approximate surface area is 106 Å². The molecule has 102 valence electrons. The van der Waals surface area contributed by atoms with E-state index in [1.165, 1.54) is 14.0 Å². The molecule has 1 atom stereocenters. The molecule has 1 unspecified atom stereocenters. The number of aliphatic hydroxyl groups excluding tert-OH is 1. The maximum absolute atomic E-state index is 13.7.